The standard InChI is InChI=1S/C20H26N2O2.ClH/c1-4-15(3)24-19-11-14(2)5-8-18(19)13-22-20(23)17-9-6-16(12-21)7-10-17;/h5-11,15H,4,12-13,21H2,1-3H3,(H,22,23);1H. The van der Waals surface area contributed by atoms with Crippen LogP contribution in [0.15, 0.2) is 42.5 Å². The first kappa shape index (κ1) is 21.0. The van der Waals surface area contributed by atoms with E-state index in [1.165, 1.54) is 0 Å². The minimum Gasteiger partial charge on any atom is -0.490 e. The molecule has 0 heterocycles. The molecule has 0 fully saturated rings. The Labute approximate surface area is 156 Å². The lowest BCUT2D eigenvalue weighted by Crippen LogP contribution is -2.23. The molecular weight excluding hydrogens is 336 g/mol. The lowest BCUT2D eigenvalue weighted by molar-refractivity contribution is 0.0950. The van der Waals surface area contributed by atoms with Gasteiger partial charge in [0, 0.05) is 24.2 Å². The molecule has 3 N–H and O–H groups in total. The molecule has 0 saturated carbocycles. The summed E-state index contributed by atoms with van der Waals surface area (Å²) in [5, 5.41) is 2.95. The highest BCUT2D eigenvalue weighted by Gasteiger charge is 2.10. The second-order valence-corrected chi connectivity index (χ2v) is 6.03. The highest BCUT2D eigenvalue weighted by Crippen LogP contribution is 2.22. The van der Waals surface area contributed by atoms with E-state index in [2.05, 4.69) is 12.2 Å². The fourth-order valence-electron chi connectivity index (χ4n) is 2.29. The summed E-state index contributed by atoms with van der Waals surface area (Å²) in [4.78, 5) is 12.3. The SMILES string of the molecule is CCC(C)Oc1cc(C)ccc1CNC(=O)c1ccc(CN)cc1.Cl. The molecule has 0 aromatic heterocycles. The minimum absolute atomic E-state index is 0. The van der Waals surface area contributed by atoms with Crippen LogP contribution in [-0.2, 0) is 13.1 Å². The molecule has 136 valence electrons. The third-order valence-corrected chi connectivity index (χ3v) is 4.02. The number of benzene rings is 2. The molecular formula is C20H27ClN2O2. The highest BCUT2D eigenvalue weighted by atomic mass is 35.5. The average Bonchev–Trinajstić information content (AvgIpc) is 2.60. The van der Waals surface area contributed by atoms with Gasteiger partial charge in [-0.25, -0.2) is 0 Å². The normalized spacial score (nSPS) is 11.4. The summed E-state index contributed by atoms with van der Waals surface area (Å²) in [7, 11) is 0. The Bertz CT molecular complexity index is 687. The highest BCUT2D eigenvalue weighted by molar-refractivity contribution is 5.94. The van der Waals surface area contributed by atoms with E-state index in [1.807, 2.05) is 44.2 Å². The molecule has 0 saturated heterocycles. The number of rotatable bonds is 7. The maximum Gasteiger partial charge on any atom is 0.251 e. The van der Waals surface area contributed by atoms with Crippen molar-refractivity contribution in [1.82, 2.24) is 5.32 Å². The first-order chi connectivity index (χ1) is 11.5. The fraction of sp³-hybridized carbons (Fsp3) is 0.350. The Morgan fingerprint density at radius 1 is 1.20 bits per heavy atom. The van der Waals surface area contributed by atoms with E-state index in [4.69, 9.17) is 10.5 Å². The summed E-state index contributed by atoms with van der Waals surface area (Å²) < 4.78 is 5.98. The number of amides is 1. The van der Waals surface area contributed by atoms with Crippen molar-refractivity contribution >= 4 is 18.3 Å². The Morgan fingerprint density at radius 2 is 1.88 bits per heavy atom. The van der Waals surface area contributed by atoms with Crippen LogP contribution in [0.25, 0.3) is 0 Å². The van der Waals surface area contributed by atoms with Crippen LogP contribution in [0, 0.1) is 6.92 Å². The maximum atomic E-state index is 12.3. The number of ether oxygens (including phenoxy) is 1. The van der Waals surface area contributed by atoms with Crippen molar-refractivity contribution in [2.24, 2.45) is 5.73 Å². The van der Waals surface area contributed by atoms with Crippen LogP contribution < -0.4 is 15.8 Å². The van der Waals surface area contributed by atoms with Crippen LogP contribution in [0.3, 0.4) is 0 Å². The number of hydrogen-bond acceptors (Lipinski definition) is 3. The summed E-state index contributed by atoms with van der Waals surface area (Å²) in [5.41, 5.74) is 9.33. The van der Waals surface area contributed by atoms with E-state index in [0.29, 0.717) is 18.7 Å². The first-order valence-electron chi connectivity index (χ1n) is 8.36. The molecule has 0 aliphatic carbocycles. The monoisotopic (exact) mass is 362 g/mol. The van der Waals surface area contributed by atoms with Crippen molar-refractivity contribution in [2.75, 3.05) is 0 Å². The molecule has 0 radical (unpaired) electrons. The predicted molar refractivity (Wildman–Crippen MR) is 104 cm³/mol. The van der Waals surface area contributed by atoms with Crippen molar-refractivity contribution in [2.45, 2.75) is 46.4 Å². The number of aryl methyl sites for hydroxylation is 1. The molecule has 1 unspecified atom stereocenters. The fourth-order valence-corrected chi connectivity index (χ4v) is 2.29. The van der Waals surface area contributed by atoms with Gasteiger partial charge in [-0.15, -0.1) is 12.4 Å². The molecule has 0 aliphatic heterocycles. The Hall–Kier alpha value is -2.04. The lowest BCUT2D eigenvalue weighted by atomic mass is 10.1. The number of nitrogens with one attached hydrogen (secondary N) is 1. The summed E-state index contributed by atoms with van der Waals surface area (Å²) in [6, 6.07) is 13.4. The van der Waals surface area contributed by atoms with Crippen LogP contribution in [0.1, 0.15) is 47.3 Å². The van der Waals surface area contributed by atoms with Gasteiger partial charge >= 0.3 is 0 Å². The molecule has 2 aromatic carbocycles. The first-order valence-corrected chi connectivity index (χ1v) is 8.36. The second kappa shape index (κ2) is 10.1. The van der Waals surface area contributed by atoms with Gasteiger partial charge in [0.05, 0.1) is 6.10 Å². The zero-order valence-corrected chi connectivity index (χ0v) is 15.9. The van der Waals surface area contributed by atoms with Gasteiger partial charge in [-0.1, -0.05) is 31.2 Å². The third kappa shape index (κ3) is 6.07. The van der Waals surface area contributed by atoms with Gasteiger partial charge in [0.15, 0.2) is 0 Å². The smallest absolute Gasteiger partial charge is 0.251 e. The van der Waals surface area contributed by atoms with E-state index in [-0.39, 0.29) is 24.4 Å². The Balaban J connectivity index is 0.00000312. The predicted octanol–water partition coefficient (Wildman–Crippen LogP) is 3.98. The van der Waals surface area contributed by atoms with Crippen LogP contribution >= 0.6 is 12.4 Å². The van der Waals surface area contributed by atoms with Crippen LogP contribution in [0.2, 0.25) is 0 Å². The number of nitrogens with two attached hydrogens (primary N) is 1. The van der Waals surface area contributed by atoms with Crippen LogP contribution in [0.4, 0.5) is 0 Å². The van der Waals surface area contributed by atoms with Gasteiger partial charge < -0.3 is 15.8 Å². The van der Waals surface area contributed by atoms with E-state index < -0.39 is 0 Å². The molecule has 0 bridgehead atoms. The molecule has 2 aromatic rings. The molecule has 0 aliphatic rings. The minimum atomic E-state index is -0.103. The molecule has 25 heavy (non-hydrogen) atoms. The van der Waals surface area contributed by atoms with Crippen molar-refractivity contribution in [3.05, 3.63) is 64.7 Å². The van der Waals surface area contributed by atoms with Gasteiger partial charge in [-0.05, 0) is 49.6 Å². The second-order valence-electron chi connectivity index (χ2n) is 6.03. The van der Waals surface area contributed by atoms with Gasteiger partial charge in [0.25, 0.3) is 5.91 Å². The van der Waals surface area contributed by atoms with Crippen molar-refractivity contribution in [1.29, 1.82) is 0 Å². The Kier molecular flexibility index (Phi) is 8.46. The number of carbonyl (C=O) groups is 1. The summed E-state index contributed by atoms with van der Waals surface area (Å²) >= 11 is 0. The summed E-state index contributed by atoms with van der Waals surface area (Å²) in [6.45, 7) is 7.08. The van der Waals surface area contributed by atoms with Crippen molar-refractivity contribution < 1.29 is 9.53 Å². The molecule has 4 nitrogen and oxygen atoms in total. The Morgan fingerprint density at radius 3 is 2.48 bits per heavy atom. The van der Waals surface area contributed by atoms with Gasteiger partial charge in [0.1, 0.15) is 5.75 Å². The lowest BCUT2D eigenvalue weighted by Gasteiger charge is -2.17. The van der Waals surface area contributed by atoms with E-state index in [1.54, 1.807) is 12.1 Å². The average molecular weight is 363 g/mol. The molecule has 5 heteroatoms. The zero-order valence-electron chi connectivity index (χ0n) is 15.0. The van der Waals surface area contributed by atoms with Crippen LogP contribution in [-0.4, -0.2) is 12.0 Å². The molecule has 2 rings (SSSR count). The number of hydrogen-bond donors (Lipinski definition) is 2. The zero-order chi connectivity index (χ0) is 17.5. The van der Waals surface area contributed by atoms with E-state index in [9.17, 15) is 4.79 Å². The number of carbonyl (C=O) groups excluding carboxylic acids is 1. The summed E-state index contributed by atoms with van der Waals surface area (Å²) in [6.07, 6.45) is 1.08. The van der Waals surface area contributed by atoms with E-state index in [0.717, 1.165) is 28.9 Å². The van der Waals surface area contributed by atoms with Gasteiger partial charge in [-0.3, -0.25) is 4.79 Å². The van der Waals surface area contributed by atoms with Gasteiger partial charge in [0.2, 0.25) is 0 Å². The van der Waals surface area contributed by atoms with Gasteiger partial charge in [-0.2, -0.15) is 0 Å². The molecule has 1 atom stereocenters. The van der Waals surface area contributed by atoms with Crippen molar-refractivity contribution in [3.8, 4) is 5.75 Å². The van der Waals surface area contributed by atoms with Crippen LogP contribution in [0.5, 0.6) is 5.75 Å². The topological polar surface area (TPSA) is 64.3 Å². The third-order valence-electron chi connectivity index (χ3n) is 4.02. The van der Waals surface area contributed by atoms with Crippen molar-refractivity contribution in [3.63, 3.8) is 0 Å². The molecule has 1 amide bonds. The largest absolute Gasteiger partial charge is 0.490 e. The number of halogens is 1. The maximum absolute atomic E-state index is 12.3. The quantitative estimate of drug-likeness (QED) is 0.782. The summed E-state index contributed by atoms with van der Waals surface area (Å²) in [5.74, 6) is 0.733. The van der Waals surface area contributed by atoms with E-state index >= 15 is 0 Å². The molecule has 0 spiro atoms.